The zero-order chi connectivity index (χ0) is 14.3. The second-order valence-corrected chi connectivity index (χ2v) is 6.28. The summed E-state index contributed by atoms with van der Waals surface area (Å²) in [5, 5.41) is 3.66. The highest BCUT2D eigenvalue weighted by atomic mass is 16.5. The van der Waals surface area contributed by atoms with Crippen LogP contribution < -0.4 is 10.1 Å². The molecule has 0 saturated carbocycles. The van der Waals surface area contributed by atoms with Crippen LogP contribution in [0.1, 0.15) is 59.1 Å². The number of rotatable bonds is 7. The van der Waals surface area contributed by atoms with Crippen LogP contribution in [0, 0.1) is 5.41 Å². The fourth-order valence-electron chi connectivity index (χ4n) is 2.23. The smallest absolute Gasteiger partial charge is 0.119 e. The SMILES string of the molecule is CCCNC(CC(C)(C)C)c1cccc(OCC)c1. The summed E-state index contributed by atoms with van der Waals surface area (Å²) >= 11 is 0. The van der Waals surface area contributed by atoms with Crippen molar-refractivity contribution in [2.24, 2.45) is 5.41 Å². The molecule has 0 aliphatic heterocycles. The van der Waals surface area contributed by atoms with E-state index in [0.717, 1.165) is 31.7 Å². The monoisotopic (exact) mass is 263 g/mol. The van der Waals surface area contributed by atoms with E-state index in [2.05, 4.69) is 51.2 Å². The van der Waals surface area contributed by atoms with Crippen LogP contribution in [0.4, 0.5) is 0 Å². The average Bonchev–Trinajstić information content (AvgIpc) is 2.34. The summed E-state index contributed by atoms with van der Waals surface area (Å²) in [6.45, 7) is 12.9. The van der Waals surface area contributed by atoms with Gasteiger partial charge in [0.05, 0.1) is 6.61 Å². The Labute approximate surface area is 118 Å². The molecule has 1 unspecified atom stereocenters. The van der Waals surface area contributed by atoms with Crippen molar-refractivity contribution in [2.45, 2.75) is 53.5 Å². The van der Waals surface area contributed by atoms with E-state index in [1.54, 1.807) is 0 Å². The number of benzene rings is 1. The van der Waals surface area contributed by atoms with Gasteiger partial charge < -0.3 is 10.1 Å². The molecule has 0 spiro atoms. The first-order chi connectivity index (χ1) is 8.96. The highest BCUT2D eigenvalue weighted by molar-refractivity contribution is 5.30. The van der Waals surface area contributed by atoms with Gasteiger partial charge >= 0.3 is 0 Å². The highest BCUT2D eigenvalue weighted by Gasteiger charge is 2.20. The van der Waals surface area contributed by atoms with Gasteiger partial charge in [-0.05, 0) is 49.4 Å². The molecule has 108 valence electrons. The van der Waals surface area contributed by atoms with Gasteiger partial charge in [-0.2, -0.15) is 0 Å². The minimum atomic E-state index is 0.313. The van der Waals surface area contributed by atoms with Crippen molar-refractivity contribution in [2.75, 3.05) is 13.2 Å². The van der Waals surface area contributed by atoms with E-state index in [1.165, 1.54) is 5.56 Å². The largest absolute Gasteiger partial charge is 0.494 e. The van der Waals surface area contributed by atoms with Crippen molar-refractivity contribution in [1.29, 1.82) is 0 Å². The van der Waals surface area contributed by atoms with E-state index in [9.17, 15) is 0 Å². The fraction of sp³-hybridized carbons (Fsp3) is 0.647. The molecule has 0 aliphatic rings. The van der Waals surface area contributed by atoms with E-state index in [0.29, 0.717) is 11.5 Å². The molecule has 1 N–H and O–H groups in total. The summed E-state index contributed by atoms with van der Waals surface area (Å²) < 4.78 is 5.60. The first kappa shape index (κ1) is 16.0. The molecule has 0 aliphatic carbocycles. The van der Waals surface area contributed by atoms with Gasteiger partial charge in [0.1, 0.15) is 5.75 Å². The summed E-state index contributed by atoms with van der Waals surface area (Å²) in [5.74, 6) is 0.970. The molecule has 0 radical (unpaired) electrons. The van der Waals surface area contributed by atoms with E-state index in [1.807, 2.05) is 13.0 Å². The Hall–Kier alpha value is -1.02. The van der Waals surface area contributed by atoms with Gasteiger partial charge in [0.15, 0.2) is 0 Å². The Bertz CT molecular complexity index is 368. The zero-order valence-electron chi connectivity index (χ0n) is 13.1. The molecule has 0 fully saturated rings. The Morgan fingerprint density at radius 3 is 2.53 bits per heavy atom. The van der Waals surface area contributed by atoms with E-state index < -0.39 is 0 Å². The molecular weight excluding hydrogens is 234 g/mol. The molecule has 0 amide bonds. The van der Waals surface area contributed by atoms with Crippen LogP contribution in [-0.4, -0.2) is 13.2 Å². The summed E-state index contributed by atoms with van der Waals surface area (Å²) in [7, 11) is 0. The minimum absolute atomic E-state index is 0.313. The maximum atomic E-state index is 5.60. The van der Waals surface area contributed by atoms with Crippen molar-refractivity contribution in [1.82, 2.24) is 5.32 Å². The number of hydrogen-bond acceptors (Lipinski definition) is 2. The number of nitrogens with one attached hydrogen (secondary N) is 1. The lowest BCUT2D eigenvalue weighted by Crippen LogP contribution is -2.26. The third-order valence-corrected chi connectivity index (χ3v) is 3.03. The van der Waals surface area contributed by atoms with E-state index in [-0.39, 0.29) is 0 Å². The Morgan fingerprint density at radius 1 is 1.21 bits per heavy atom. The normalized spacial score (nSPS) is 13.3. The molecule has 1 atom stereocenters. The summed E-state index contributed by atoms with van der Waals surface area (Å²) in [6.07, 6.45) is 2.29. The van der Waals surface area contributed by atoms with Crippen LogP contribution in [0.2, 0.25) is 0 Å². The van der Waals surface area contributed by atoms with Crippen molar-refractivity contribution >= 4 is 0 Å². The number of hydrogen-bond donors (Lipinski definition) is 1. The molecule has 1 aromatic rings. The van der Waals surface area contributed by atoms with Crippen LogP contribution in [0.15, 0.2) is 24.3 Å². The maximum Gasteiger partial charge on any atom is 0.119 e. The zero-order valence-corrected chi connectivity index (χ0v) is 13.1. The van der Waals surface area contributed by atoms with Crippen molar-refractivity contribution in [3.63, 3.8) is 0 Å². The number of ether oxygens (including phenoxy) is 1. The summed E-state index contributed by atoms with van der Waals surface area (Å²) in [6, 6.07) is 8.88. The predicted molar refractivity (Wildman–Crippen MR) is 82.7 cm³/mol. The standard InChI is InChI=1S/C17H29NO/c1-6-11-18-16(13-17(3,4)5)14-9-8-10-15(12-14)19-7-2/h8-10,12,16,18H,6-7,11,13H2,1-5H3. The average molecular weight is 263 g/mol. The van der Waals surface area contributed by atoms with Crippen LogP contribution in [0.3, 0.4) is 0 Å². The van der Waals surface area contributed by atoms with Gasteiger partial charge in [-0.3, -0.25) is 0 Å². The summed E-state index contributed by atoms with van der Waals surface area (Å²) in [4.78, 5) is 0. The maximum absolute atomic E-state index is 5.60. The molecular formula is C17H29NO. The van der Waals surface area contributed by atoms with Crippen LogP contribution in [-0.2, 0) is 0 Å². The first-order valence-corrected chi connectivity index (χ1v) is 7.42. The second kappa shape index (κ2) is 7.54. The van der Waals surface area contributed by atoms with Gasteiger partial charge in [-0.15, -0.1) is 0 Å². The third-order valence-electron chi connectivity index (χ3n) is 3.03. The van der Waals surface area contributed by atoms with E-state index in [4.69, 9.17) is 4.74 Å². The lowest BCUT2D eigenvalue weighted by molar-refractivity contribution is 0.309. The third kappa shape index (κ3) is 6.11. The molecule has 1 rings (SSSR count). The van der Waals surface area contributed by atoms with Gasteiger partial charge in [0.25, 0.3) is 0 Å². The Kier molecular flexibility index (Phi) is 6.36. The lowest BCUT2D eigenvalue weighted by atomic mass is 9.85. The summed E-state index contributed by atoms with van der Waals surface area (Å²) in [5.41, 5.74) is 1.64. The molecule has 0 aromatic heterocycles. The first-order valence-electron chi connectivity index (χ1n) is 7.42. The Morgan fingerprint density at radius 2 is 1.95 bits per heavy atom. The molecule has 19 heavy (non-hydrogen) atoms. The van der Waals surface area contributed by atoms with Gasteiger partial charge in [0, 0.05) is 6.04 Å². The fourth-order valence-corrected chi connectivity index (χ4v) is 2.23. The second-order valence-electron chi connectivity index (χ2n) is 6.28. The Balaban J connectivity index is 2.86. The molecule has 2 nitrogen and oxygen atoms in total. The molecule has 0 saturated heterocycles. The van der Waals surface area contributed by atoms with Crippen molar-refractivity contribution < 1.29 is 4.74 Å². The molecule has 1 aromatic carbocycles. The molecule has 0 bridgehead atoms. The van der Waals surface area contributed by atoms with Crippen LogP contribution in [0.25, 0.3) is 0 Å². The predicted octanol–water partition coefficient (Wildman–Crippen LogP) is 4.56. The topological polar surface area (TPSA) is 21.3 Å². The van der Waals surface area contributed by atoms with E-state index >= 15 is 0 Å². The van der Waals surface area contributed by atoms with Crippen molar-refractivity contribution in [3.8, 4) is 5.75 Å². The van der Waals surface area contributed by atoms with Gasteiger partial charge in [-0.25, -0.2) is 0 Å². The quantitative estimate of drug-likeness (QED) is 0.778. The molecule has 0 heterocycles. The van der Waals surface area contributed by atoms with Crippen LogP contribution >= 0.6 is 0 Å². The van der Waals surface area contributed by atoms with Gasteiger partial charge in [0.2, 0.25) is 0 Å². The lowest BCUT2D eigenvalue weighted by Gasteiger charge is -2.27. The van der Waals surface area contributed by atoms with Crippen LogP contribution in [0.5, 0.6) is 5.75 Å². The van der Waals surface area contributed by atoms with Crippen molar-refractivity contribution in [3.05, 3.63) is 29.8 Å². The van der Waals surface area contributed by atoms with Gasteiger partial charge in [-0.1, -0.05) is 39.8 Å². The molecule has 2 heteroatoms. The highest BCUT2D eigenvalue weighted by Crippen LogP contribution is 2.30. The minimum Gasteiger partial charge on any atom is -0.494 e.